The molecule has 0 amide bonds. The Kier molecular flexibility index (Phi) is 3.84. The Morgan fingerprint density at radius 1 is 1.28 bits per heavy atom. The molecule has 0 radical (unpaired) electrons. The molecule has 1 aliphatic heterocycles. The van der Waals surface area contributed by atoms with E-state index in [1.165, 1.54) is 5.56 Å². The Morgan fingerprint density at radius 2 is 2.04 bits per heavy atom. The van der Waals surface area contributed by atoms with Gasteiger partial charge in [-0.1, -0.05) is 6.07 Å². The second-order valence-electron chi connectivity index (χ2n) is 8.41. The molecular weight excluding hydrogens is 318 g/mol. The van der Waals surface area contributed by atoms with Gasteiger partial charge in [-0.25, -0.2) is 0 Å². The van der Waals surface area contributed by atoms with Crippen molar-refractivity contribution >= 4 is 0 Å². The Labute approximate surface area is 149 Å². The van der Waals surface area contributed by atoms with Crippen molar-refractivity contribution in [2.24, 2.45) is 5.92 Å². The third-order valence-corrected chi connectivity index (χ3v) is 7.14. The summed E-state index contributed by atoms with van der Waals surface area (Å²) in [4.78, 5) is 2.44. The maximum atomic E-state index is 11.1. The molecule has 2 fully saturated rings. The van der Waals surface area contributed by atoms with Crippen LogP contribution < -0.4 is 4.74 Å². The number of phenols is 1. The number of likely N-dealkylation sites (tertiary alicyclic amines) is 1. The average Bonchev–Trinajstić information content (AvgIpc) is 2.56. The fourth-order valence-electron chi connectivity index (χ4n) is 6.02. The van der Waals surface area contributed by atoms with Crippen molar-refractivity contribution in [3.05, 3.63) is 23.3 Å². The molecule has 5 atom stereocenters. The lowest BCUT2D eigenvalue weighted by atomic mass is 9.49. The monoisotopic (exact) mass is 347 g/mol. The number of fused-ring (bicyclic) bond motifs is 1. The van der Waals surface area contributed by atoms with E-state index in [1.54, 1.807) is 14.2 Å². The number of hydrogen-bond donors (Lipinski definition) is 2. The normalized spacial score (nSPS) is 40.3. The van der Waals surface area contributed by atoms with Crippen LogP contribution in [-0.4, -0.2) is 60.7 Å². The summed E-state index contributed by atoms with van der Waals surface area (Å²) in [6.45, 7) is 2.86. The molecule has 5 heteroatoms. The number of piperidine rings is 1. The van der Waals surface area contributed by atoms with Crippen LogP contribution in [0.3, 0.4) is 0 Å². The summed E-state index contributed by atoms with van der Waals surface area (Å²) < 4.78 is 11.1. The second kappa shape index (κ2) is 5.60. The minimum atomic E-state index is -0.907. The Morgan fingerprint density at radius 3 is 2.72 bits per heavy atom. The van der Waals surface area contributed by atoms with E-state index in [0.717, 1.165) is 31.4 Å². The van der Waals surface area contributed by atoms with Crippen LogP contribution in [0.1, 0.15) is 37.3 Å². The van der Waals surface area contributed by atoms with Gasteiger partial charge in [0.05, 0.1) is 18.8 Å². The molecule has 25 heavy (non-hydrogen) atoms. The van der Waals surface area contributed by atoms with E-state index in [2.05, 4.69) is 18.0 Å². The van der Waals surface area contributed by atoms with Crippen molar-refractivity contribution in [2.75, 3.05) is 27.8 Å². The highest BCUT2D eigenvalue weighted by atomic mass is 16.5. The molecule has 5 nitrogen and oxygen atoms in total. The summed E-state index contributed by atoms with van der Waals surface area (Å²) in [5.74, 6) is 1.15. The maximum Gasteiger partial charge on any atom is 0.161 e. The van der Waals surface area contributed by atoms with Crippen molar-refractivity contribution in [2.45, 2.75) is 55.8 Å². The van der Waals surface area contributed by atoms with Gasteiger partial charge >= 0.3 is 0 Å². The van der Waals surface area contributed by atoms with Crippen LogP contribution >= 0.6 is 0 Å². The predicted molar refractivity (Wildman–Crippen MR) is 95.2 cm³/mol. The van der Waals surface area contributed by atoms with Gasteiger partial charge in [-0.2, -0.15) is 0 Å². The Bertz CT molecular complexity index is 689. The lowest BCUT2D eigenvalue weighted by Gasteiger charge is -2.62. The van der Waals surface area contributed by atoms with Crippen LogP contribution in [0.4, 0.5) is 0 Å². The first-order chi connectivity index (χ1) is 11.8. The lowest BCUT2D eigenvalue weighted by molar-refractivity contribution is -0.164. The second-order valence-corrected chi connectivity index (χ2v) is 8.41. The maximum absolute atomic E-state index is 11.1. The van der Waals surface area contributed by atoms with Crippen LogP contribution in [0.5, 0.6) is 11.5 Å². The summed E-state index contributed by atoms with van der Waals surface area (Å²) in [5, 5.41) is 22.1. The van der Waals surface area contributed by atoms with Crippen LogP contribution in [-0.2, 0) is 16.6 Å². The summed E-state index contributed by atoms with van der Waals surface area (Å²) >= 11 is 0. The molecule has 1 aromatic rings. The van der Waals surface area contributed by atoms with Gasteiger partial charge in [-0.05, 0) is 63.7 Å². The number of hydrogen-bond acceptors (Lipinski definition) is 5. The third kappa shape index (κ3) is 2.25. The van der Waals surface area contributed by atoms with E-state index in [-0.39, 0.29) is 17.3 Å². The molecule has 0 aromatic heterocycles. The van der Waals surface area contributed by atoms with Gasteiger partial charge in [0.25, 0.3) is 0 Å². The van der Waals surface area contributed by atoms with Gasteiger partial charge in [0.1, 0.15) is 0 Å². The number of benzene rings is 1. The first-order valence-corrected chi connectivity index (χ1v) is 9.19. The summed E-state index contributed by atoms with van der Waals surface area (Å²) in [6.07, 6.45) is 3.11. The van der Waals surface area contributed by atoms with E-state index in [4.69, 9.17) is 9.47 Å². The van der Waals surface area contributed by atoms with E-state index < -0.39 is 5.60 Å². The first kappa shape index (κ1) is 17.1. The number of aromatic hydroxyl groups is 1. The van der Waals surface area contributed by atoms with Crippen LogP contribution in [0.25, 0.3) is 0 Å². The molecule has 1 saturated heterocycles. The van der Waals surface area contributed by atoms with E-state index in [9.17, 15) is 10.2 Å². The molecule has 4 rings (SSSR count). The van der Waals surface area contributed by atoms with Crippen molar-refractivity contribution in [3.63, 3.8) is 0 Å². The molecule has 1 saturated carbocycles. The van der Waals surface area contributed by atoms with E-state index in [0.29, 0.717) is 24.1 Å². The molecule has 2 N–H and O–H groups in total. The van der Waals surface area contributed by atoms with Gasteiger partial charge in [0, 0.05) is 24.1 Å². The predicted octanol–water partition coefficient (Wildman–Crippen LogP) is 2.07. The van der Waals surface area contributed by atoms with Crippen molar-refractivity contribution in [3.8, 4) is 11.5 Å². The number of phenolic OH excluding ortho intramolecular Hbond substituents is 1. The molecule has 2 aliphatic carbocycles. The topological polar surface area (TPSA) is 62.2 Å². The Hall–Kier alpha value is -1.30. The summed E-state index contributed by atoms with van der Waals surface area (Å²) in [6, 6.07) is 4.37. The fourth-order valence-corrected chi connectivity index (χ4v) is 6.02. The fraction of sp³-hybridized carbons (Fsp3) is 0.700. The van der Waals surface area contributed by atoms with Gasteiger partial charge < -0.3 is 24.6 Å². The highest BCUT2D eigenvalue weighted by molar-refractivity contribution is 5.56. The number of likely N-dealkylation sites (N-methyl/N-ethyl adjacent to an activating group) is 1. The van der Waals surface area contributed by atoms with E-state index >= 15 is 0 Å². The standard InChI is InChI=1S/C20H29NO4/c1-19(23)11-20-7-8-21(2)14(13(20)10-16(19)25-4)9-12-5-6-15(24-3)18(22)17(12)20/h5-6,13-14,16,22-23H,7-11H2,1-4H3. The molecule has 2 bridgehead atoms. The van der Waals surface area contributed by atoms with Crippen LogP contribution in [0, 0.1) is 5.92 Å². The number of aliphatic hydroxyl groups is 1. The van der Waals surface area contributed by atoms with Crippen molar-refractivity contribution in [1.82, 2.24) is 4.90 Å². The number of methoxy groups -OCH3 is 2. The van der Waals surface area contributed by atoms with Crippen molar-refractivity contribution < 1.29 is 19.7 Å². The molecule has 138 valence electrons. The van der Waals surface area contributed by atoms with Crippen molar-refractivity contribution in [1.29, 1.82) is 0 Å². The number of nitrogens with zero attached hydrogens (tertiary/aromatic N) is 1. The highest BCUT2D eigenvalue weighted by Gasteiger charge is 2.61. The average molecular weight is 347 g/mol. The van der Waals surface area contributed by atoms with Gasteiger partial charge in [0.2, 0.25) is 0 Å². The molecule has 5 unspecified atom stereocenters. The zero-order chi connectivity index (χ0) is 18.0. The zero-order valence-corrected chi connectivity index (χ0v) is 15.6. The largest absolute Gasteiger partial charge is 0.504 e. The highest BCUT2D eigenvalue weighted by Crippen LogP contribution is 2.60. The first-order valence-electron chi connectivity index (χ1n) is 9.19. The number of rotatable bonds is 2. The molecule has 3 aliphatic rings. The van der Waals surface area contributed by atoms with Gasteiger partial charge in [-0.3, -0.25) is 0 Å². The minimum absolute atomic E-state index is 0.172. The molecular formula is C20H29NO4. The minimum Gasteiger partial charge on any atom is -0.504 e. The molecule has 1 aromatic carbocycles. The van der Waals surface area contributed by atoms with Gasteiger partial charge in [-0.15, -0.1) is 0 Å². The summed E-state index contributed by atoms with van der Waals surface area (Å²) in [5.41, 5.74) is 1.08. The Balaban J connectivity index is 1.92. The van der Waals surface area contributed by atoms with E-state index in [1.807, 2.05) is 13.0 Å². The lowest BCUT2D eigenvalue weighted by Crippen LogP contribution is -2.66. The van der Waals surface area contributed by atoms with Crippen LogP contribution in [0.2, 0.25) is 0 Å². The van der Waals surface area contributed by atoms with Gasteiger partial charge in [0.15, 0.2) is 11.5 Å². The quantitative estimate of drug-likeness (QED) is 0.858. The smallest absolute Gasteiger partial charge is 0.161 e. The summed E-state index contributed by atoms with van der Waals surface area (Å²) in [7, 11) is 5.47. The SMILES string of the molecule is COc1ccc2c(c1O)C13CCN(C)C(C2)C1CC(OC)C(C)(O)C3. The zero-order valence-electron chi connectivity index (χ0n) is 15.6. The molecule has 1 heterocycles. The van der Waals surface area contributed by atoms with Crippen LogP contribution in [0.15, 0.2) is 12.1 Å². The third-order valence-electron chi connectivity index (χ3n) is 7.14. The number of ether oxygens (including phenoxy) is 2. The molecule has 0 spiro atoms.